The van der Waals surface area contributed by atoms with Crippen molar-refractivity contribution in [1.82, 2.24) is 0 Å². The molecule has 0 atom stereocenters. The van der Waals surface area contributed by atoms with Crippen molar-refractivity contribution in [3.05, 3.63) is 0 Å². The minimum atomic E-state index is -8.92. The molecule has 1 heterocycles. The molecule has 238 valence electrons. The van der Waals surface area contributed by atoms with Crippen LogP contribution in [0.15, 0.2) is 0 Å². The maximum Gasteiger partial charge on any atom is 0.460 e. The SMILES string of the molecule is CC(=O)C[S+]1CCC(=O)CC1.O=S(=O)([O-])C(F)(F)C(F)(F)C(F)(F)C(F)(F)C(F)(F)C(F)(F)C(F)(F)C(F)(F)F. The van der Waals surface area contributed by atoms with Gasteiger partial charge in [0.1, 0.15) is 17.3 Å². The predicted octanol–water partition coefficient (Wildman–Crippen LogP) is 5.06. The average Bonchev–Trinajstić information content (AvgIpc) is 2.73. The lowest BCUT2D eigenvalue weighted by Gasteiger charge is -2.42. The summed E-state index contributed by atoms with van der Waals surface area (Å²) in [6, 6.07) is 0. The zero-order chi connectivity index (χ0) is 32.8. The van der Waals surface area contributed by atoms with Crippen LogP contribution in [-0.2, 0) is 30.6 Å². The number of ketones is 2. The van der Waals surface area contributed by atoms with Crippen LogP contribution < -0.4 is 0 Å². The number of carbonyl (C=O) groups excluding carboxylic acids is 2. The van der Waals surface area contributed by atoms with Crippen LogP contribution >= 0.6 is 0 Å². The van der Waals surface area contributed by atoms with E-state index in [0.717, 1.165) is 11.5 Å². The molecule has 0 N–H and O–H groups in total. The first kappa shape index (κ1) is 38.4. The second-order valence-electron chi connectivity index (χ2n) is 7.82. The molecule has 0 aromatic carbocycles. The topological polar surface area (TPSA) is 91.3 Å². The van der Waals surface area contributed by atoms with Crippen molar-refractivity contribution in [2.45, 2.75) is 66.7 Å². The summed E-state index contributed by atoms with van der Waals surface area (Å²) in [5, 5.41) is -7.95. The minimum Gasteiger partial charge on any atom is -0.743 e. The summed E-state index contributed by atoms with van der Waals surface area (Å²) in [7, 11) is -7.91. The van der Waals surface area contributed by atoms with Crippen LogP contribution in [-0.4, -0.2) is 88.8 Å². The van der Waals surface area contributed by atoms with Crippen LogP contribution in [0.3, 0.4) is 0 Å². The molecule has 0 aliphatic carbocycles. The van der Waals surface area contributed by atoms with E-state index in [-0.39, 0.29) is 16.7 Å². The Balaban J connectivity index is 0.00000114. The summed E-state index contributed by atoms with van der Waals surface area (Å²) >= 11 is 0. The number of hydrogen-bond donors (Lipinski definition) is 0. The van der Waals surface area contributed by atoms with Gasteiger partial charge in [0.05, 0.1) is 12.8 Å². The summed E-state index contributed by atoms with van der Waals surface area (Å²) in [6.45, 7) is 1.63. The quantitative estimate of drug-likeness (QED) is 0.194. The van der Waals surface area contributed by atoms with Crippen LogP contribution in [0.2, 0.25) is 0 Å². The van der Waals surface area contributed by atoms with Crippen molar-refractivity contribution in [3.8, 4) is 0 Å². The van der Waals surface area contributed by atoms with Crippen molar-refractivity contribution in [2.75, 3.05) is 17.3 Å². The van der Waals surface area contributed by atoms with Crippen LogP contribution in [0.5, 0.6) is 0 Å². The number of hydrogen-bond acceptors (Lipinski definition) is 5. The first-order valence-corrected chi connectivity index (χ1v) is 12.6. The molecule has 5 nitrogen and oxygen atoms in total. The molecular formula is C16H13F17O5S2. The molecule has 24 heteroatoms. The summed E-state index contributed by atoms with van der Waals surface area (Å²) in [4.78, 5) is 21.5. The van der Waals surface area contributed by atoms with E-state index in [2.05, 4.69) is 0 Å². The third-order valence-corrected chi connectivity index (χ3v) is 8.02. The fourth-order valence-corrected chi connectivity index (χ4v) is 5.02. The number of carbonyl (C=O) groups is 2. The van der Waals surface area contributed by atoms with E-state index >= 15 is 0 Å². The molecule has 0 bridgehead atoms. The Kier molecular flexibility index (Phi) is 10.8. The van der Waals surface area contributed by atoms with Crippen LogP contribution in [0.1, 0.15) is 19.8 Å². The third kappa shape index (κ3) is 6.41. The average molecular weight is 672 g/mol. The smallest absolute Gasteiger partial charge is 0.460 e. The van der Waals surface area contributed by atoms with E-state index in [9.17, 15) is 97.2 Å². The molecule has 0 saturated carbocycles. The molecule has 0 spiro atoms. The number of rotatable bonds is 9. The third-order valence-electron chi connectivity index (χ3n) is 4.75. The molecule has 1 aliphatic rings. The zero-order valence-corrected chi connectivity index (χ0v) is 20.5. The molecular weight excluding hydrogens is 659 g/mol. The maximum absolute atomic E-state index is 13.0. The standard InChI is InChI=1S/C8HF17O3S.C8H13O2S/c9-1(10,3(13,14)5(17,18)7(21,22)23)2(11,12)4(15,16)6(19,20)8(24,25)29(26,27)28;1-7(9)6-11-4-2-8(10)3-5-11/h(H,26,27,28);2-6H2,1H3/q;+1/p-1. The maximum atomic E-state index is 13.0. The van der Waals surface area contributed by atoms with Gasteiger partial charge in [-0.3, -0.25) is 9.59 Å². The Hall–Kier alpha value is -1.59. The molecule has 40 heavy (non-hydrogen) atoms. The van der Waals surface area contributed by atoms with Gasteiger partial charge in [0.2, 0.25) is 0 Å². The Labute approximate surface area is 214 Å². The lowest BCUT2D eigenvalue weighted by molar-refractivity contribution is -0.458. The van der Waals surface area contributed by atoms with Crippen LogP contribution in [0.4, 0.5) is 74.6 Å². The summed E-state index contributed by atoms with van der Waals surface area (Å²) < 4.78 is 244. The lowest BCUT2D eigenvalue weighted by Crippen LogP contribution is -2.75. The molecule has 0 radical (unpaired) electrons. The largest absolute Gasteiger partial charge is 0.743 e. The van der Waals surface area contributed by atoms with Gasteiger partial charge in [0.25, 0.3) is 0 Å². The molecule has 0 aromatic rings. The van der Waals surface area contributed by atoms with E-state index in [1.54, 1.807) is 6.92 Å². The van der Waals surface area contributed by atoms with Gasteiger partial charge in [-0.1, -0.05) is 0 Å². The van der Waals surface area contributed by atoms with Gasteiger partial charge in [0.15, 0.2) is 21.7 Å². The second-order valence-corrected chi connectivity index (χ2v) is 11.6. The molecule has 1 saturated heterocycles. The monoisotopic (exact) mass is 672 g/mol. The van der Waals surface area contributed by atoms with Crippen LogP contribution in [0, 0.1) is 0 Å². The van der Waals surface area contributed by atoms with Gasteiger partial charge in [-0.05, 0) is 17.8 Å². The van der Waals surface area contributed by atoms with E-state index in [0.29, 0.717) is 24.4 Å². The van der Waals surface area contributed by atoms with E-state index in [1.807, 2.05) is 0 Å². The predicted molar refractivity (Wildman–Crippen MR) is 97.3 cm³/mol. The number of alkyl halides is 17. The van der Waals surface area contributed by atoms with Gasteiger partial charge in [-0.15, -0.1) is 0 Å². The highest BCUT2D eigenvalue weighted by Crippen LogP contribution is 2.64. The Morgan fingerprint density at radius 1 is 0.675 bits per heavy atom. The van der Waals surface area contributed by atoms with Crippen LogP contribution in [0.25, 0.3) is 0 Å². The molecule has 0 amide bonds. The van der Waals surface area contributed by atoms with Gasteiger partial charge < -0.3 is 4.55 Å². The zero-order valence-electron chi connectivity index (χ0n) is 18.8. The first-order valence-electron chi connectivity index (χ1n) is 9.50. The summed E-state index contributed by atoms with van der Waals surface area (Å²) in [5.74, 6) is -48.9. The van der Waals surface area contributed by atoms with Crippen molar-refractivity contribution >= 4 is 32.6 Å². The van der Waals surface area contributed by atoms with Crippen molar-refractivity contribution in [2.24, 2.45) is 0 Å². The molecule has 1 fully saturated rings. The van der Waals surface area contributed by atoms with E-state index < -0.39 is 57.1 Å². The molecule has 1 rings (SSSR count). The highest BCUT2D eigenvalue weighted by Gasteiger charge is 2.95. The highest BCUT2D eigenvalue weighted by atomic mass is 32.2. The van der Waals surface area contributed by atoms with E-state index in [1.165, 1.54) is 0 Å². The van der Waals surface area contributed by atoms with Gasteiger partial charge in [-0.25, -0.2) is 8.42 Å². The van der Waals surface area contributed by atoms with Gasteiger partial charge in [-0.2, -0.15) is 74.6 Å². The summed E-state index contributed by atoms with van der Waals surface area (Å²) in [5.41, 5.74) is 0. The molecule has 1 aliphatic heterocycles. The van der Waals surface area contributed by atoms with Crippen molar-refractivity contribution in [3.63, 3.8) is 0 Å². The molecule has 0 aromatic heterocycles. The normalized spacial score (nSPS) is 17.8. The second kappa shape index (κ2) is 11.2. The number of halogens is 17. The van der Waals surface area contributed by atoms with Gasteiger partial charge >= 0.3 is 47.0 Å². The fourth-order valence-electron chi connectivity index (χ4n) is 2.48. The lowest BCUT2D eigenvalue weighted by atomic mass is 9.91. The summed E-state index contributed by atoms with van der Waals surface area (Å²) in [6.07, 6.45) is -6.48. The van der Waals surface area contributed by atoms with Crippen molar-refractivity contribution < 1.29 is 97.2 Å². The minimum absolute atomic E-state index is 0.234. The Morgan fingerprint density at radius 2 is 0.975 bits per heavy atom. The van der Waals surface area contributed by atoms with Gasteiger partial charge in [0, 0.05) is 0 Å². The van der Waals surface area contributed by atoms with Crippen molar-refractivity contribution in [1.29, 1.82) is 0 Å². The Bertz CT molecular complexity index is 1040. The van der Waals surface area contributed by atoms with E-state index in [4.69, 9.17) is 0 Å². The number of Topliss-reactive ketones (excluding diaryl/α,β-unsaturated/α-hetero) is 2. The first-order chi connectivity index (χ1) is 17.2. The fraction of sp³-hybridized carbons (Fsp3) is 0.875. The molecule has 0 unspecified atom stereocenters. The highest BCUT2D eigenvalue weighted by molar-refractivity contribution is 7.97. The Morgan fingerprint density at radius 3 is 1.25 bits per heavy atom.